The average molecular weight is 404 g/mol. The third kappa shape index (κ3) is 3.75. The maximum atomic E-state index is 13.2. The molecule has 0 spiro atoms. The van der Waals surface area contributed by atoms with Crippen molar-refractivity contribution in [3.63, 3.8) is 0 Å². The van der Waals surface area contributed by atoms with Gasteiger partial charge in [0.2, 0.25) is 11.8 Å². The molecule has 1 aromatic carbocycles. The summed E-state index contributed by atoms with van der Waals surface area (Å²) >= 11 is 0. The van der Waals surface area contributed by atoms with Crippen LogP contribution in [0.4, 0.5) is 0 Å². The van der Waals surface area contributed by atoms with Crippen LogP contribution in [-0.2, 0) is 19.9 Å². The van der Waals surface area contributed by atoms with Crippen LogP contribution in [0.1, 0.15) is 52.5 Å². The molecule has 5 atom stereocenters. The smallest absolute Gasteiger partial charge is 0.313 e. The Labute approximate surface area is 172 Å². The number of aliphatic carboxylic acids is 1. The summed E-state index contributed by atoms with van der Waals surface area (Å²) in [5.74, 6) is -2.98. The van der Waals surface area contributed by atoms with Crippen molar-refractivity contribution in [2.24, 2.45) is 34.6 Å². The van der Waals surface area contributed by atoms with Gasteiger partial charge in [-0.25, -0.2) is 0 Å². The predicted molar refractivity (Wildman–Crippen MR) is 111 cm³/mol. The van der Waals surface area contributed by atoms with E-state index in [1.54, 1.807) is 30.3 Å². The molecule has 0 radical (unpaired) electrons. The lowest BCUT2D eigenvalue weighted by atomic mass is 9.50. The first-order valence-corrected chi connectivity index (χ1v) is 10.2. The summed E-state index contributed by atoms with van der Waals surface area (Å²) in [7, 11) is 0. The van der Waals surface area contributed by atoms with E-state index in [0.29, 0.717) is 12.0 Å². The number of rotatable bonds is 7. The van der Waals surface area contributed by atoms with Crippen molar-refractivity contribution >= 4 is 17.8 Å². The van der Waals surface area contributed by atoms with Gasteiger partial charge in [-0.05, 0) is 43.1 Å². The van der Waals surface area contributed by atoms with Crippen molar-refractivity contribution < 1.29 is 19.5 Å². The summed E-state index contributed by atoms with van der Waals surface area (Å²) in [5.41, 5.74) is 8.58. The molecule has 0 heterocycles. The number of hydrogen-bond donors (Lipinski definition) is 4. The fourth-order valence-corrected chi connectivity index (χ4v) is 5.11. The maximum Gasteiger partial charge on any atom is 0.313 e. The van der Waals surface area contributed by atoms with Gasteiger partial charge in [-0.1, -0.05) is 57.5 Å². The molecule has 7 heteroatoms. The van der Waals surface area contributed by atoms with Crippen molar-refractivity contribution in [2.45, 2.75) is 58.5 Å². The van der Waals surface area contributed by atoms with Gasteiger partial charge in [0, 0.05) is 0 Å². The molecule has 1 saturated carbocycles. The summed E-state index contributed by atoms with van der Waals surface area (Å²) in [6, 6.07) is 7.54. The highest BCUT2D eigenvalue weighted by Crippen LogP contribution is 2.57. The van der Waals surface area contributed by atoms with E-state index in [4.69, 9.17) is 11.5 Å². The van der Waals surface area contributed by atoms with Gasteiger partial charge in [-0.3, -0.25) is 14.4 Å². The van der Waals surface area contributed by atoms with E-state index in [-0.39, 0.29) is 24.2 Å². The Balaban J connectivity index is 2.92. The van der Waals surface area contributed by atoms with Gasteiger partial charge < -0.3 is 21.9 Å². The lowest BCUT2D eigenvalue weighted by molar-refractivity contribution is -0.176. The number of carboxylic acid groups (broad SMARTS) is 1. The van der Waals surface area contributed by atoms with Gasteiger partial charge in [0.15, 0.2) is 5.54 Å². The zero-order chi connectivity index (χ0) is 22.0. The van der Waals surface area contributed by atoms with Crippen LogP contribution in [0.5, 0.6) is 0 Å². The molecule has 7 nitrogen and oxygen atoms in total. The molecule has 1 fully saturated rings. The molecule has 6 N–H and O–H groups in total. The second-order valence-corrected chi connectivity index (χ2v) is 8.77. The Hall–Kier alpha value is -2.41. The molecule has 5 unspecified atom stereocenters. The normalized spacial score (nSPS) is 27.7. The quantitative estimate of drug-likeness (QED) is 0.552. The molecule has 2 rings (SSSR count). The molecule has 0 aromatic heterocycles. The number of carbonyl (C=O) groups is 3. The number of hydrogen-bond acceptors (Lipinski definition) is 4. The van der Waals surface area contributed by atoms with E-state index in [1.165, 1.54) is 6.92 Å². The molecule has 1 aliphatic carbocycles. The summed E-state index contributed by atoms with van der Waals surface area (Å²) in [4.78, 5) is 39.0. The molecule has 1 aliphatic rings. The number of primary amides is 1. The molecule has 1 aromatic rings. The minimum atomic E-state index is -1.92. The minimum absolute atomic E-state index is 0.0340. The molecule has 0 bridgehead atoms. The molecule has 160 valence electrons. The van der Waals surface area contributed by atoms with Crippen molar-refractivity contribution in [1.29, 1.82) is 0 Å². The Morgan fingerprint density at radius 3 is 2.21 bits per heavy atom. The van der Waals surface area contributed by atoms with Gasteiger partial charge in [0.25, 0.3) is 0 Å². The van der Waals surface area contributed by atoms with Crippen LogP contribution in [0, 0.1) is 23.2 Å². The van der Waals surface area contributed by atoms with Crippen LogP contribution in [-0.4, -0.2) is 28.9 Å². The Bertz CT molecular complexity index is 765. The highest BCUT2D eigenvalue weighted by Gasteiger charge is 2.67. The highest BCUT2D eigenvalue weighted by atomic mass is 16.4. The standard InChI is InChI=1S/C22H33N3O4/c1-13(2)17-11-10-14(3)12-21(17,20(28)29)22(19(24)27,25-18(26)15(4)23)16-8-6-5-7-9-16/h5-9,13-15,17H,10-12,23H2,1-4H3,(H2,24,27)(H,25,26)(H,28,29). The SMILES string of the molecule is CC1CCC(C(C)C)C(C(=O)O)(C(NC(=O)C(C)N)(C(N)=O)c2ccccc2)C1. The molecule has 0 aliphatic heterocycles. The molecule has 0 saturated heterocycles. The summed E-state index contributed by atoms with van der Waals surface area (Å²) in [6.45, 7) is 7.35. The zero-order valence-electron chi connectivity index (χ0n) is 17.6. The van der Waals surface area contributed by atoms with Gasteiger partial charge in [0.05, 0.1) is 6.04 Å². The summed E-state index contributed by atoms with van der Waals surface area (Å²) in [5, 5.41) is 13.4. The third-order valence-electron chi connectivity index (χ3n) is 6.43. The topological polar surface area (TPSA) is 136 Å². The van der Waals surface area contributed by atoms with E-state index in [2.05, 4.69) is 5.32 Å². The fraction of sp³-hybridized carbons (Fsp3) is 0.591. The van der Waals surface area contributed by atoms with Crippen LogP contribution >= 0.6 is 0 Å². The van der Waals surface area contributed by atoms with Crippen molar-refractivity contribution in [1.82, 2.24) is 5.32 Å². The minimum Gasteiger partial charge on any atom is -0.481 e. The van der Waals surface area contributed by atoms with Crippen LogP contribution in [0.3, 0.4) is 0 Å². The number of carbonyl (C=O) groups excluding carboxylic acids is 2. The Morgan fingerprint density at radius 2 is 1.76 bits per heavy atom. The number of amides is 2. The highest BCUT2D eigenvalue weighted by molar-refractivity contribution is 5.98. The summed E-state index contributed by atoms with van der Waals surface area (Å²) in [6.07, 6.45) is 1.70. The van der Waals surface area contributed by atoms with Gasteiger partial charge in [-0.15, -0.1) is 0 Å². The number of nitrogens with one attached hydrogen (secondary N) is 1. The first-order chi connectivity index (χ1) is 13.5. The van der Waals surface area contributed by atoms with Crippen LogP contribution in [0.25, 0.3) is 0 Å². The Kier molecular flexibility index (Phi) is 6.73. The molecule has 2 amide bonds. The Morgan fingerprint density at radius 1 is 1.17 bits per heavy atom. The molecule has 29 heavy (non-hydrogen) atoms. The van der Waals surface area contributed by atoms with E-state index < -0.39 is 34.8 Å². The van der Waals surface area contributed by atoms with E-state index in [1.807, 2.05) is 20.8 Å². The fourth-order valence-electron chi connectivity index (χ4n) is 5.11. The predicted octanol–water partition coefficient (Wildman–Crippen LogP) is 1.99. The zero-order valence-corrected chi connectivity index (χ0v) is 17.6. The lowest BCUT2D eigenvalue weighted by Gasteiger charge is -2.55. The molecular weight excluding hydrogens is 370 g/mol. The van der Waals surface area contributed by atoms with E-state index in [9.17, 15) is 19.5 Å². The first kappa shape index (κ1) is 22.9. The number of nitrogens with two attached hydrogens (primary N) is 2. The van der Waals surface area contributed by atoms with E-state index in [0.717, 1.165) is 6.42 Å². The van der Waals surface area contributed by atoms with Crippen LogP contribution < -0.4 is 16.8 Å². The lowest BCUT2D eigenvalue weighted by Crippen LogP contribution is -2.71. The van der Waals surface area contributed by atoms with E-state index >= 15 is 0 Å². The third-order valence-corrected chi connectivity index (χ3v) is 6.43. The largest absolute Gasteiger partial charge is 0.481 e. The van der Waals surface area contributed by atoms with Crippen molar-refractivity contribution in [3.05, 3.63) is 35.9 Å². The number of carboxylic acids is 1. The van der Waals surface area contributed by atoms with Gasteiger partial charge >= 0.3 is 5.97 Å². The van der Waals surface area contributed by atoms with Crippen molar-refractivity contribution in [3.8, 4) is 0 Å². The van der Waals surface area contributed by atoms with Crippen LogP contribution in [0.15, 0.2) is 30.3 Å². The monoisotopic (exact) mass is 403 g/mol. The van der Waals surface area contributed by atoms with Gasteiger partial charge in [0.1, 0.15) is 5.41 Å². The van der Waals surface area contributed by atoms with Crippen molar-refractivity contribution in [2.75, 3.05) is 0 Å². The number of benzene rings is 1. The average Bonchev–Trinajstić information content (AvgIpc) is 2.65. The molecular formula is C22H33N3O4. The summed E-state index contributed by atoms with van der Waals surface area (Å²) < 4.78 is 0. The van der Waals surface area contributed by atoms with Gasteiger partial charge in [-0.2, -0.15) is 0 Å². The first-order valence-electron chi connectivity index (χ1n) is 10.2. The second-order valence-electron chi connectivity index (χ2n) is 8.77. The van der Waals surface area contributed by atoms with Crippen LogP contribution in [0.2, 0.25) is 0 Å². The maximum absolute atomic E-state index is 13.2. The second kappa shape index (κ2) is 8.53.